The van der Waals surface area contributed by atoms with Crippen molar-refractivity contribution in [2.24, 2.45) is 11.7 Å². The van der Waals surface area contributed by atoms with Crippen molar-refractivity contribution in [3.63, 3.8) is 0 Å². The third-order valence-electron chi connectivity index (χ3n) is 2.65. The first-order chi connectivity index (χ1) is 7.47. The van der Waals surface area contributed by atoms with Gasteiger partial charge in [0.05, 0.1) is 25.2 Å². The second kappa shape index (κ2) is 5.81. The molecule has 1 saturated heterocycles. The van der Waals surface area contributed by atoms with Crippen LogP contribution < -0.4 is 5.73 Å². The molecule has 16 heavy (non-hydrogen) atoms. The van der Waals surface area contributed by atoms with E-state index < -0.39 is 18.6 Å². The number of halogens is 3. The van der Waals surface area contributed by atoms with E-state index in [4.69, 9.17) is 15.6 Å². The van der Waals surface area contributed by atoms with Gasteiger partial charge in [0, 0.05) is 26.2 Å². The summed E-state index contributed by atoms with van der Waals surface area (Å²) in [5.41, 5.74) is 5.12. The Kier molecular flexibility index (Phi) is 4.97. The van der Waals surface area contributed by atoms with Crippen molar-refractivity contribution in [2.75, 3.05) is 39.4 Å². The minimum Gasteiger partial charge on any atom is -0.394 e. The highest BCUT2D eigenvalue weighted by Crippen LogP contribution is 2.26. The molecule has 1 heterocycles. The SMILES string of the molecule is NCC(CN1CCOC(CO)C1)C(F)(F)F. The van der Waals surface area contributed by atoms with Gasteiger partial charge in [-0.3, -0.25) is 4.90 Å². The van der Waals surface area contributed by atoms with Gasteiger partial charge in [-0.15, -0.1) is 0 Å². The van der Waals surface area contributed by atoms with Gasteiger partial charge in [0.1, 0.15) is 0 Å². The van der Waals surface area contributed by atoms with E-state index in [9.17, 15) is 13.2 Å². The molecule has 0 spiro atoms. The Labute approximate surface area is 92.2 Å². The molecule has 3 N–H and O–H groups in total. The van der Waals surface area contributed by atoms with Gasteiger partial charge in [-0.2, -0.15) is 13.2 Å². The number of aliphatic hydroxyl groups is 1. The molecule has 1 aliphatic heterocycles. The number of hydrogen-bond donors (Lipinski definition) is 2. The minimum absolute atomic E-state index is 0.125. The fourth-order valence-electron chi connectivity index (χ4n) is 1.68. The van der Waals surface area contributed by atoms with E-state index in [1.165, 1.54) is 0 Å². The van der Waals surface area contributed by atoms with Crippen LogP contribution in [0.25, 0.3) is 0 Å². The van der Waals surface area contributed by atoms with Crippen LogP contribution >= 0.6 is 0 Å². The quantitative estimate of drug-likeness (QED) is 0.718. The van der Waals surface area contributed by atoms with Crippen LogP contribution in [0.5, 0.6) is 0 Å². The summed E-state index contributed by atoms with van der Waals surface area (Å²) in [7, 11) is 0. The second-order valence-electron chi connectivity index (χ2n) is 3.91. The van der Waals surface area contributed by atoms with E-state index in [-0.39, 0.29) is 19.3 Å². The molecular formula is C9H17F3N2O2. The molecule has 0 aromatic rings. The van der Waals surface area contributed by atoms with Gasteiger partial charge >= 0.3 is 6.18 Å². The Hall–Kier alpha value is -0.370. The van der Waals surface area contributed by atoms with Gasteiger partial charge in [0.15, 0.2) is 0 Å². The molecule has 4 nitrogen and oxygen atoms in total. The van der Waals surface area contributed by atoms with Crippen molar-refractivity contribution in [3.8, 4) is 0 Å². The third-order valence-corrected chi connectivity index (χ3v) is 2.65. The van der Waals surface area contributed by atoms with Crippen molar-refractivity contribution in [3.05, 3.63) is 0 Å². The monoisotopic (exact) mass is 242 g/mol. The van der Waals surface area contributed by atoms with Crippen LogP contribution in [0.3, 0.4) is 0 Å². The van der Waals surface area contributed by atoms with Crippen LogP contribution in [0.1, 0.15) is 0 Å². The van der Waals surface area contributed by atoms with Crippen LogP contribution in [-0.4, -0.2) is 61.7 Å². The van der Waals surface area contributed by atoms with Crippen LogP contribution in [0, 0.1) is 5.92 Å². The first kappa shape index (κ1) is 13.7. The van der Waals surface area contributed by atoms with E-state index in [0.717, 1.165) is 0 Å². The van der Waals surface area contributed by atoms with E-state index in [0.29, 0.717) is 19.7 Å². The molecule has 2 atom stereocenters. The maximum Gasteiger partial charge on any atom is 0.394 e. The zero-order valence-corrected chi connectivity index (χ0v) is 8.91. The largest absolute Gasteiger partial charge is 0.394 e. The van der Waals surface area contributed by atoms with Crippen molar-refractivity contribution < 1.29 is 23.0 Å². The number of aliphatic hydroxyl groups excluding tert-OH is 1. The molecule has 7 heteroatoms. The summed E-state index contributed by atoms with van der Waals surface area (Å²) in [6.45, 7) is 0.410. The molecule has 0 radical (unpaired) electrons. The lowest BCUT2D eigenvalue weighted by Crippen LogP contribution is -2.49. The Morgan fingerprint density at radius 3 is 2.69 bits per heavy atom. The zero-order chi connectivity index (χ0) is 12.2. The Balaban J connectivity index is 2.45. The summed E-state index contributed by atoms with van der Waals surface area (Å²) < 4.78 is 42.6. The van der Waals surface area contributed by atoms with Gasteiger partial charge in [0.2, 0.25) is 0 Å². The van der Waals surface area contributed by atoms with Crippen molar-refractivity contribution in [2.45, 2.75) is 12.3 Å². The van der Waals surface area contributed by atoms with Gasteiger partial charge in [-0.25, -0.2) is 0 Å². The molecular weight excluding hydrogens is 225 g/mol. The van der Waals surface area contributed by atoms with Gasteiger partial charge < -0.3 is 15.6 Å². The molecule has 0 aliphatic carbocycles. The van der Waals surface area contributed by atoms with Crippen molar-refractivity contribution in [1.29, 1.82) is 0 Å². The highest BCUT2D eigenvalue weighted by atomic mass is 19.4. The standard InChI is InChI=1S/C9H17F3N2O2/c10-9(11,12)7(3-13)4-14-1-2-16-8(5-14)6-15/h7-8,15H,1-6,13H2. The molecule has 2 unspecified atom stereocenters. The lowest BCUT2D eigenvalue weighted by Gasteiger charge is -2.34. The molecule has 0 saturated carbocycles. The molecule has 0 aromatic carbocycles. The summed E-state index contributed by atoms with van der Waals surface area (Å²) >= 11 is 0. The second-order valence-corrected chi connectivity index (χ2v) is 3.91. The summed E-state index contributed by atoms with van der Waals surface area (Å²) in [6.07, 6.45) is -4.65. The average Bonchev–Trinajstić information content (AvgIpc) is 2.24. The zero-order valence-electron chi connectivity index (χ0n) is 8.91. The fraction of sp³-hybridized carbons (Fsp3) is 1.00. The normalized spacial score (nSPS) is 25.7. The number of alkyl halides is 3. The summed E-state index contributed by atoms with van der Waals surface area (Å²) in [5, 5.41) is 8.86. The smallest absolute Gasteiger partial charge is 0.394 e. The number of nitrogens with two attached hydrogens (primary N) is 1. The highest BCUT2D eigenvalue weighted by molar-refractivity contribution is 4.77. The first-order valence-corrected chi connectivity index (χ1v) is 5.19. The summed E-state index contributed by atoms with van der Waals surface area (Å²) in [4.78, 5) is 1.63. The topological polar surface area (TPSA) is 58.7 Å². The maximum atomic E-state index is 12.5. The summed E-state index contributed by atoms with van der Waals surface area (Å²) in [5.74, 6) is -1.51. The fourth-order valence-corrected chi connectivity index (χ4v) is 1.68. The lowest BCUT2D eigenvalue weighted by molar-refractivity contribution is -0.180. The minimum atomic E-state index is -4.26. The lowest BCUT2D eigenvalue weighted by atomic mass is 10.1. The van der Waals surface area contributed by atoms with Crippen LogP contribution in [0.15, 0.2) is 0 Å². The van der Waals surface area contributed by atoms with Crippen molar-refractivity contribution >= 4 is 0 Å². The van der Waals surface area contributed by atoms with Crippen LogP contribution in [0.2, 0.25) is 0 Å². The van der Waals surface area contributed by atoms with Gasteiger partial charge in [-0.05, 0) is 0 Å². The Morgan fingerprint density at radius 1 is 1.50 bits per heavy atom. The summed E-state index contributed by atoms with van der Waals surface area (Å²) in [6, 6.07) is 0. The molecule has 96 valence electrons. The Bertz CT molecular complexity index is 213. The number of ether oxygens (including phenoxy) is 1. The van der Waals surface area contributed by atoms with E-state index >= 15 is 0 Å². The molecule has 1 rings (SSSR count). The molecule has 0 aromatic heterocycles. The Morgan fingerprint density at radius 2 is 2.19 bits per heavy atom. The average molecular weight is 242 g/mol. The molecule has 1 aliphatic rings. The number of morpholine rings is 1. The van der Waals surface area contributed by atoms with Crippen molar-refractivity contribution in [1.82, 2.24) is 4.90 Å². The van der Waals surface area contributed by atoms with E-state index in [2.05, 4.69) is 0 Å². The first-order valence-electron chi connectivity index (χ1n) is 5.19. The predicted molar refractivity (Wildman–Crippen MR) is 51.9 cm³/mol. The third kappa shape index (κ3) is 3.89. The number of nitrogens with zero attached hydrogens (tertiary/aromatic N) is 1. The van der Waals surface area contributed by atoms with Gasteiger partial charge in [0.25, 0.3) is 0 Å². The highest BCUT2D eigenvalue weighted by Gasteiger charge is 2.40. The molecule has 0 bridgehead atoms. The van der Waals surface area contributed by atoms with E-state index in [1.807, 2.05) is 0 Å². The number of hydrogen-bond acceptors (Lipinski definition) is 4. The van der Waals surface area contributed by atoms with E-state index in [1.54, 1.807) is 4.90 Å². The van der Waals surface area contributed by atoms with Crippen LogP contribution in [-0.2, 0) is 4.74 Å². The number of rotatable bonds is 4. The predicted octanol–water partition coefficient (Wildman–Crippen LogP) is -0.183. The molecule has 0 amide bonds. The van der Waals surface area contributed by atoms with Gasteiger partial charge in [-0.1, -0.05) is 0 Å². The molecule has 1 fully saturated rings. The van der Waals surface area contributed by atoms with Crippen LogP contribution in [0.4, 0.5) is 13.2 Å². The maximum absolute atomic E-state index is 12.5.